The SMILES string of the molecule is CN1CC(c2ccccn2)c2ccccc2C1CN. The third kappa shape index (κ3) is 2.15. The molecule has 0 bridgehead atoms. The van der Waals surface area contributed by atoms with Crippen LogP contribution in [0.3, 0.4) is 0 Å². The Hall–Kier alpha value is -1.71. The van der Waals surface area contributed by atoms with E-state index < -0.39 is 0 Å². The number of hydrogen-bond acceptors (Lipinski definition) is 3. The molecule has 1 aromatic carbocycles. The van der Waals surface area contributed by atoms with E-state index in [1.54, 1.807) is 0 Å². The summed E-state index contributed by atoms with van der Waals surface area (Å²) in [5.74, 6) is 0.338. The number of benzene rings is 1. The zero-order chi connectivity index (χ0) is 13.2. The highest BCUT2D eigenvalue weighted by atomic mass is 15.1. The van der Waals surface area contributed by atoms with E-state index in [9.17, 15) is 0 Å². The minimum absolute atomic E-state index is 0.316. The highest BCUT2D eigenvalue weighted by molar-refractivity contribution is 5.40. The van der Waals surface area contributed by atoms with Gasteiger partial charge in [-0.25, -0.2) is 0 Å². The minimum atomic E-state index is 0.316. The van der Waals surface area contributed by atoms with Gasteiger partial charge in [0.15, 0.2) is 0 Å². The van der Waals surface area contributed by atoms with Crippen molar-refractivity contribution < 1.29 is 0 Å². The fraction of sp³-hybridized carbons (Fsp3) is 0.312. The van der Waals surface area contributed by atoms with E-state index >= 15 is 0 Å². The van der Waals surface area contributed by atoms with Crippen molar-refractivity contribution >= 4 is 0 Å². The van der Waals surface area contributed by atoms with Gasteiger partial charge in [0.1, 0.15) is 0 Å². The van der Waals surface area contributed by atoms with Crippen molar-refractivity contribution in [3.05, 3.63) is 65.5 Å². The van der Waals surface area contributed by atoms with Gasteiger partial charge in [-0.1, -0.05) is 30.3 Å². The van der Waals surface area contributed by atoms with Crippen LogP contribution in [0.5, 0.6) is 0 Å². The summed E-state index contributed by atoms with van der Waals surface area (Å²) < 4.78 is 0. The summed E-state index contributed by atoms with van der Waals surface area (Å²) in [6.07, 6.45) is 1.87. The molecule has 0 radical (unpaired) electrons. The van der Waals surface area contributed by atoms with Gasteiger partial charge in [-0.3, -0.25) is 9.88 Å². The lowest BCUT2D eigenvalue weighted by Gasteiger charge is -2.38. The number of hydrogen-bond donors (Lipinski definition) is 1. The second-order valence-electron chi connectivity index (χ2n) is 5.13. The van der Waals surface area contributed by atoms with Gasteiger partial charge in [0.25, 0.3) is 0 Å². The fourth-order valence-corrected chi connectivity index (χ4v) is 3.02. The Labute approximate surface area is 114 Å². The molecule has 2 N–H and O–H groups in total. The van der Waals surface area contributed by atoms with Crippen molar-refractivity contribution in [2.24, 2.45) is 5.73 Å². The third-order valence-electron chi connectivity index (χ3n) is 4.00. The fourth-order valence-electron chi connectivity index (χ4n) is 3.02. The van der Waals surface area contributed by atoms with Crippen molar-refractivity contribution in [1.29, 1.82) is 0 Å². The molecular weight excluding hydrogens is 234 g/mol. The molecule has 3 heteroatoms. The molecule has 2 aromatic rings. The first kappa shape index (κ1) is 12.3. The van der Waals surface area contributed by atoms with Gasteiger partial charge in [0, 0.05) is 36.9 Å². The molecule has 98 valence electrons. The van der Waals surface area contributed by atoms with Crippen LogP contribution in [0, 0.1) is 0 Å². The molecule has 1 aromatic heterocycles. The van der Waals surface area contributed by atoms with E-state index in [4.69, 9.17) is 5.73 Å². The van der Waals surface area contributed by atoms with Crippen LogP contribution in [0.1, 0.15) is 28.8 Å². The highest BCUT2D eigenvalue weighted by Crippen LogP contribution is 2.37. The highest BCUT2D eigenvalue weighted by Gasteiger charge is 2.31. The maximum Gasteiger partial charge on any atom is 0.0491 e. The average molecular weight is 253 g/mol. The zero-order valence-corrected chi connectivity index (χ0v) is 11.2. The molecular formula is C16H19N3. The van der Waals surface area contributed by atoms with Crippen molar-refractivity contribution in [3.8, 4) is 0 Å². The maximum absolute atomic E-state index is 5.94. The average Bonchev–Trinajstić information content (AvgIpc) is 2.47. The molecule has 0 spiro atoms. The number of pyridine rings is 1. The van der Waals surface area contributed by atoms with E-state index in [1.807, 2.05) is 12.3 Å². The van der Waals surface area contributed by atoms with Crippen LogP contribution in [-0.4, -0.2) is 30.0 Å². The summed E-state index contributed by atoms with van der Waals surface area (Å²) in [4.78, 5) is 6.86. The summed E-state index contributed by atoms with van der Waals surface area (Å²) in [6, 6.07) is 15.0. The van der Waals surface area contributed by atoms with Crippen LogP contribution in [0.4, 0.5) is 0 Å². The van der Waals surface area contributed by atoms with Gasteiger partial charge in [-0.15, -0.1) is 0 Å². The number of rotatable bonds is 2. The summed E-state index contributed by atoms with van der Waals surface area (Å²) in [7, 11) is 2.14. The molecule has 0 saturated heterocycles. The Balaban J connectivity index is 2.08. The first-order valence-corrected chi connectivity index (χ1v) is 6.71. The zero-order valence-electron chi connectivity index (χ0n) is 11.2. The number of nitrogens with zero attached hydrogens (tertiary/aromatic N) is 2. The van der Waals surface area contributed by atoms with Gasteiger partial charge in [-0.2, -0.15) is 0 Å². The summed E-state index contributed by atoms with van der Waals surface area (Å²) in [6.45, 7) is 1.62. The number of aromatic nitrogens is 1. The first-order valence-electron chi connectivity index (χ1n) is 6.71. The molecule has 3 nitrogen and oxygen atoms in total. The number of nitrogens with two attached hydrogens (primary N) is 1. The van der Waals surface area contributed by atoms with Crippen molar-refractivity contribution in [2.45, 2.75) is 12.0 Å². The minimum Gasteiger partial charge on any atom is -0.329 e. The summed E-state index contributed by atoms with van der Waals surface area (Å²) in [5, 5.41) is 0. The van der Waals surface area contributed by atoms with E-state index in [0.29, 0.717) is 18.5 Å². The molecule has 2 heterocycles. The van der Waals surface area contributed by atoms with Crippen LogP contribution in [0.25, 0.3) is 0 Å². The predicted molar refractivity (Wildman–Crippen MR) is 76.9 cm³/mol. The monoisotopic (exact) mass is 253 g/mol. The van der Waals surface area contributed by atoms with Crippen LogP contribution < -0.4 is 5.73 Å². The first-order chi connectivity index (χ1) is 9.31. The molecule has 0 saturated carbocycles. The molecule has 0 fully saturated rings. The largest absolute Gasteiger partial charge is 0.329 e. The lowest BCUT2D eigenvalue weighted by atomic mass is 9.83. The van der Waals surface area contributed by atoms with Gasteiger partial charge < -0.3 is 5.73 Å². The molecule has 2 atom stereocenters. The second kappa shape index (κ2) is 5.11. The molecule has 0 aliphatic carbocycles. The van der Waals surface area contributed by atoms with Crippen molar-refractivity contribution in [3.63, 3.8) is 0 Å². The van der Waals surface area contributed by atoms with E-state index in [0.717, 1.165) is 12.2 Å². The smallest absolute Gasteiger partial charge is 0.0491 e. The maximum atomic E-state index is 5.94. The lowest BCUT2D eigenvalue weighted by Crippen LogP contribution is -2.39. The van der Waals surface area contributed by atoms with Gasteiger partial charge in [-0.05, 0) is 30.3 Å². The molecule has 3 rings (SSSR count). The van der Waals surface area contributed by atoms with Gasteiger partial charge in [0.05, 0.1) is 0 Å². The second-order valence-corrected chi connectivity index (χ2v) is 5.13. The molecule has 1 aliphatic rings. The molecule has 2 unspecified atom stereocenters. The van der Waals surface area contributed by atoms with Gasteiger partial charge >= 0.3 is 0 Å². The van der Waals surface area contributed by atoms with E-state index in [-0.39, 0.29) is 0 Å². The topological polar surface area (TPSA) is 42.2 Å². The van der Waals surface area contributed by atoms with Crippen LogP contribution >= 0.6 is 0 Å². The van der Waals surface area contributed by atoms with Gasteiger partial charge in [0.2, 0.25) is 0 Å². The summed E-state index contributed by atoms with van der Waals surface area (Å²) in [5.41, 5.74) is 9.78. The van der Waals surface area contributed by atoms with Crippen molar-refractivity contribution in [2.75, 3.05) is 20.1 Å². The van der Waals surface area contributed by atoms with E-state index in [1.165, 1.54) is 11.1 Å². The molecule has 1 aliphatic heterocycles. The standard InChI is InChI=1S/C16H19N3/c1-19-11-14(15-8-4-5-9-18-15)12-6-2-3-7-13(12)16(19)10-17/h2-9,14,16H,10-11,17H2,1H3. The Kier molecular flexibility index (Phi) is 3.32. The predicted octanol–water partition coefficient (Wildman–Crippen LogP) is 2.16. The number of likely N-dealkylation sites (N-methyl/N-ethyl adjacent to an activating group) is 1. The lowest BCUT2D eigenvalue weighted by molar-refractivity contribution is 0.222. The number of fused-ring (bicyclic) bond motifs is 1. The van der Waals surface area contributed by atoms with Crippen LogP contribution in [0.2, 0.25) is 0 Å². The Bertz CT molecular complexity index is 553. The van der Waals surface area contributed by atoms with Crippen LogP contribution in [-0.2, 0) is 0 Å². The third-order valence-corrected chi connectivity index (χ3v) is 4.00. The van der Waals surface area contributed by atoms with E-state index in [2.05, 4.69) is 53.3 Å². The van der Waals surface area contributed by atoms with Crippen molar-refractivity contribution in [1.82, 2.24) is 9.88 Å². The Morgan fingerprint density at radius 1 is 1.16 bits per heavy atom. The Morgan fingerprint density at radius 3 is 2.58 bits per heavy atom. The normalized spacial score (nSPS) is 23.1. The Morgan fingerprint density at radius 2 is 1.89 bits per heavy atom. The quantitative estimate of drug-likeness (QED) is 0.891. The molecule has 0 amide bonds. The molecule has 19 heavy (non-hydrogen) atoms. The van der Waals surface area contributed by atoms with Crippen LogP contribution in [0.15, 0.2) is 48.7 Å². The summed E-state index contributed by atoms with van der Waals surface area (Å²) >= 11 is 0.